The van der Waals surface area contributed by atoms with Gasteiger partial charge in [-0.1, -0.05) is 29.8 Å². The van der Waals surface area contributed by atoms with Crippen molar-refractivity contribution in [3.05, 3.63) is 64.3 Å². The Labute approximate surface area is 156 Å². The van der Waals surface area contributed by atoms with Crippen LogP contribution in [0.3, 0.4) is 0 Å². The normalized spacial score (nSPS) is 15.2. The lowest BCUT2D eigenvalue weighted by atomic mass is 10.1. The SMILES string of the molecule is COc1cc(/C=C2\N=C(c3ccccc3)OC2=O)cc(Cl)c1OC(C)C. The first-order valence-corrected chi connectivity index (χ1v) is 8.48. The van der Waals surface area contributed by atoms with Gasteiger partial charge < -0.3 is 14.2 Å². The van der Waals surface area contributed by atoms with Crippen molar-refractivity contribution >= 4 is 29.5 Å². The van der Waals surface area contributed by atoms with Crippen LogP contribution in [0.25, 0.3) is 6.08 Å². The molecule has 1 heterocycles. The number of halogens is 1. The number of hydrogen-bond acceptors (Lipinski definition) is 5. The molecule has 1 aliphatic rings. The third kappa shape index (κ3) is 3.89. The van der Waals surface area contributed by atoms with E-state index in [0.717, 1.165) is 5.56 Å². The predicted octanol–water partition coefficient (Wildman–Crippen LogP) is 4.48. The molecule has 2 aromatic carbocycles. The van der Waals surface area contributed by atoms with Gasteiger partial charge in [0.25, 0.3) is 0 Å². The van der Waals surface area contributed by atoms with Crippen molar-refractivity contribution in [2.45, 2.75) is 20.0 Å². The maximum atomic E-state index is 12.1. The summed E-state index contributed by atoms with van der Waals surface area (Å²) in [6.07, 6.45) is 1.56. The molecule has 1 aliphatic heterocycles. The first-order chi connectivity index (χ1) is 12.5. The lowest BCUT2D eigenvalue weighted by Gasteiger charge is -2.15. The second-order valence-corrected chi connectivity index (χ2v) is 6.31. The molecule has 5 nitrogen and oxygen atoms in total. The average molecular weight is 372 g/mol. The minimum Gasteiger partial charge on any atom is -0.493 e. The van der Waals surface area contributed by atoms with Crippen LogP contribution in [0.5, 0.6) is 11.5 Å². The summed E-state index contributed by atoms with van der Waals surface area (Å²) in [7, 11) is 1.53. The smallest absolute Gasteiger partial charge is 0.363 e. The van der Waals surface area contributed by atoms with E-state index in [2.05, 4.69) is 4.99 Å². The summed E-state index contributed by atoms with van der Waals surface area (Å²) in [5.41, 5.74) is 1.59. The predicted molar refractivity (Wildman–Crippen MR) is 101 cm³/mol. The topological polar surface area (TPSA) is 57.1 Å². The lowest BCUT2D eigenvalue weighted by Crippen LogP contribution is -2.07. The third-order valence-corrected chi connectivity index (χ3v) is 3.83. The maximum Gasteiger partial charge on any atom is 0.363 e. The number of methoxy groups -OCH3 is 1. The molecule has 0 radical (unpaired) electrons. The molecular weight excluding hydrogens is 354 g/mol. The highest BCUT2D eigenvalue weighted by molar-refractivity contribution is 6.32. The van der Waals surface area contributed by atoms with E-state index in [1.807, 2.05) is 44.2 Å². The van der Waals surface area contributed by atoms with Crippen molar-refractivity contribution < 1.29 is 19.0 Å². The lowest BCUT2D eigenvalue weighted by molar-refractivity contribution is -0.129. The molecular formula is C20H18ClNO4. The molecule has 26 heavy (non-hydrogen) atoms. The van der Waals surface area contributed by atoms with Gasteiger partial charge in [-0.05, 0) is 49.8 Å². The monoisotopic (exact) mass is 371 g/mol. The van der Waals surface area contributed by atoms with E-state index in [1.165, 1.54) is 7.11 Å². The average Bonchev–Trinajstić information content (AvgIpc) is 2.98. The van der Waals surface area contributed by atoms with Crippen LogP contribution >= 0.6 is 11.6 Å². The number of cyclic esters (lactones) is 1. The molecule has 0 spiro atoms. The van der Waals surface area contributed by atoms with Crippen LogP contribution in [-0.4, -0.2) is 25.1 Å². The Morgan fingerprint density at radius 2 is 1.92 bits per heavy atom. The number of hydrogen-bond donors (Lipinski definition) is 0. The fourth-order valence-corrected chi connectivity index (χ4v) is 2.71. The highest BCUT2D eigenvalue weighted by atomic mass is 35.5. The Morgan fingerprint density at radius 3 is 2.58 bits per heavy atom. The Kier molecular flexibility index (Phi) is 5.28. The molecule has 0 saturated heterocycles. The zero-order valence-electron chi connectivity index (χ0n) is 14.7. The fraction of sp³-hybridized carbons (Fsp3) is 0.200. The first kappa shape index (κ1) is 18.0. The molecule has 134 valence electrons. The molecule has 0 aliphatic carbocycles. The molecule has 0 fully saturated rings. The second kappa shape index (κ2) is 7.62. The molecule has 2 aromatic rings. The molecule has 0 saturated carbocycles. The number of esters is 1. The van der Waals surface area contributed by atoms with E-state index in [1.54, 1.807) is 18.2 Å². The van der Waals surface area contributed by atoms with Crippen molar-refractivity contribution in [3.63, 3.8) is 0 Å². The third-order valence-electron chi connectivity index (χ3n) is 3.55. The Bertz CT molecular complexity index is 888. The molecule has 3 rings (SSSR count). The van der Waals surface area contributed by atoms with Crippen LogP contribution in [0.2, 0.25) is 5.02 Å². The van der Waals surface area contributed by atoms with Gasteiger partial charge in [0.05, 0.1) is 18.2 Å². The van der Waals surface area contributed by atoms with Crippen LogP contribution in [0.15, 0.2) is 53.2 Å². The van der Waals surface area contributed by atoms with Crippen LogP contribution in [0.1, 0.15) is 25.0 Å². The zero-order chi connectivity index (χ0) is 18.7. The summed E-state index contributed by atoms with van der Waals surface area (Å²) in [4.78, 5) is 16.4. The maximum absolute atomic E-state index is 12.1. The van der Waals surface area contributed by atoms with E-state index >= 15 is 0 Å². The van der Waals surface area contributed by atoms with Crippen molar-refractivity contribution in [2.75, 3.05) is 7.11 Å². The quantitative estimate of drug-likeness (QED) is 0.574. The number of carbonyl (C=O) groups is 1. The number of nitrogens with zero attached hydrogens (tertiary/aromatic N) is 1. The van der Waals surface area contributed by atoms with Gasteiger partial charge in [0, 0.05) is 5.56 Å². The Balaban J connectivity index is 1.95. The number of aliphatic imine (C=N–C) groups is 1. The van der Waals surface area contributed by atoms with E-state index in [-0.39, 0.29) is 17.7 Å². The highest BCUT2D eigenvalue weighted by Crippen LogP contribution is 2.38. The summed E-state index contributed by atoms with van der Waals surface area (Å²) < 4.78 is 16.3. The first-order valence-electron chi connectivity index (χ1n) is 8.10. The standard InChI is InChI=1S/C20H18ClNO4/c1-12(2)25-18-15(21)9-13(11-17(18)24-3)10-16-20(23)26-19(22-16)14-7-5-4-6-8-14/h4-12H,1-3H3/b16-10-. The Morgan fingerprint density at radius 1 is 1.19 bits per heavy atom. The van der Waals surface area contributed by atoms with Crippen LogP contribution < -0.4 is 9.47 Å². The van der Waals surface area contributed by atoms with Gasteiger partial charge in [-0.25, -0.2) is 9.79 Å². The number of ether oxygens (including phenoxy) is 3. The van der Waals surface area contributed by atoms with E-state index in [0.29, 0.717) is 22.1 Å². The molecule has 0 aromatic heterocycles. The van der Waals surface area contributed by atoms with Crippen LogP contribution in [0, 0.1) is 0 Å². The highest BCUT2D eigenvalue weighted by Gasteiger charge is 2.24. The van der Waals surface area contributed by atoms with Crippen molar-refractivity contribution in [1.82, 2.24) is 0 Å². The van der Waals surface area contributed by atoms with Gasteiger partial charge in [-0.3, -0.25) is 0 Å². The van der Waals surface area contributed by atoms with Gasteiger partial charge >= 0.3 is 5.97 Å². The summed E-state index contributed by atoms with van der Waals surface area (Å²) >= 11 is 6.32. The Hall–Kier alpha value is -2.79. The van der Waals surface area contributed by atoms with E-state index < -0.39 is 5.97 Å². The minimum atomic E-state index is -0.513. The number of carbonyl (C=O) groups excluding carboxylic acids is 1. The van der Waals surface area contributed by atoms with Gasteiger partial charge in [0.1, 0.15) is 0 Å². The molecule has 0 bridgehead atoms. The van der Waals surface area contributed by atoms with Crippen molar-refractivity contribution in [2.24, 2.45) is 4.99 Å². The number of rotatable bonds is 5. The summed E-state index contributed by atoms with van der Waals surface area (Å²) in [6.45, 7) is 3.81. The van der Waals surface area contributed by atoms with Crippen molar-refractivity contribution in [3.8, 4) is 11.5 Å². The number of benzene rings is 2. The largest absolute Gasteiger partial charge is 0.493 e. The fourth-order valence-electron chi connectivity index (χ4n) is 2.44. The van der Waals surface area contributed by atoms with E-state index in [4.69, 9.17) is 25.8 Å². The molecule has 0 atom stereocenters. The van der Waals surface area contributed by atoms with Crippen molar-refractivity contribution in [1.29, 1.82) is 0 Å². The van der Waals surface area contributed by atoms with Gasteiger partial charge in [0.2, 0.25) is 5.90 Å². The van der Waals surface area contributed by atoms with Gasteiger partial charge in [-0.15, -0.1) is 0 Å². The van der Waals surface area contributed by atoms with E-state index in [9.17, 15) is 4.79 Å². The van der Waals surface area contributed by atoms with Crippen LogP contribution in [0.4, 0.5) is 0 Å². The minimum absolute atomic E-state index is 0.0477. The molecule has 6 heteroatoms. The zero-order valence-corrected chi connectivity index (χ0v) is 15.4. The van der Waals surface area contributed by atoms with Gasteiger partial charge in [0.15, 0.2) is 17.2 Å². The summed E-state index contributed by atoms with van der Waals surface area (Å²) in [5.74, 6) is 0.714. The summed E-state index contributed by atoms with van der Waals surface area (Å²) in [5, 5.41) is 0.392. The molecule has 0 unspecified atom stereocenters. The summed E-state index contributed by atoms with van der Waals surface area (Å²) in [6, 6.07) is 12.7. The van der Waals surface area contributed by atoms with Gasteiger partial charge in [-0.2, -0.15) is 0 Å². The molecule has 0 amide bonds. The second-order valence-electron chi connectivity index (χ2n) is 5.90. The van der Waals surface area contributed by atoms with Crippen LogP contribution in [-0.2, 0) is 9.53 Å². The molecule has 0 N–H and O–H groups in total.